The van der Waals surface area contributed by atoms with E-state index in [2.05, 4.69) is 11.4 Å². The molecule has 13 heavy (non-hydrogen) atoms. The second-order valence-electron chi connectivity index (χ2n) is 3.38. The summed E-state index contributed by atoms with van der Waals surface area (Å²) in [6, 6.07) is 2.30. The van der Waals surface area contributed by atoms with E-state index in [4.69, 9.17) is 14.7 Å². The van der Waals surface area contributed by atoms with Gasteiger partial charge in [-0.05, 0) is 19.9 Å². The fraction of sp³-hybridized carbons (Fsp3) is 0.889. The van der Waals surface area contributed by atoms with Crippen molar-refractivity contribution in [3.63, 3.8) is 0 Å². The third-order valence-electron chi connectivity index (χ3n) is 2.58. The monoisotopic (exact) mass is 184 g/mol. The first-order valence-electron chi connectivity index (χ1n) is 4.47. The average Bonchev–Trinajstić information content (AvgIpc) is 2.59. The van der Waals surface area contributed by atoms with Gasteiger partial charge in [-0.1, -0.05) is 0 Å². The molecule has 1 rings (SSSR count). The summed E-state index contributed by atoms with van der Waals surface area (Å²) in [5.74, 6) is 0. The minimum atomic E-state index is -0.377. The highest BCUT2D eigenvalue weighted by molar-refractivity contribution is 5.11. The Morgan fingerprint density at radius 1 is 1.69 bits per heavy atom. The molecular weight excluding hydrogens is 168 g/mol. The Balaban J connectivity index is 2.39. The molecule has 1 N–H and O–H groups in total. The summed E-state index contributed by atoms with van der Waals surface area (Å²) in [7, 11) is 3.42. The van der Waals surface area contributed by atoms with Gasteiger partial charge in [-0.2, -0.15) is 5.26 Å². The highest BCUT2D eigenvalue weighted by atomic mass is 16.7. The van der Waals surface area contributed by atoms with Gasteiger partial charge in [0.05, 0.1) is 12.2 Å². The Labute approximate surface area is 78.8 Å². The summed E-state index contributed by atoms with van der Waals surface area (Å²) in [6.45, 7) is 0.315. The van der Waals surface area contributed by atoms with Gasteiger partial charge in [-0.25, -0.2) is 0 Å². The van der Waals surface area contributed by atoms with Crippen LogP contribution < -0.4 is 5.32 Å². The Bertz CT molecular complexity index is 202. The first-order valence-corrected chi connectivity index (χ1v) is 4.47. The van der Waals surface area contributed by atoms with Crippen molar-refractivity contribution in [2.24, 2.45) is 0 Å². The van der Waals surface area contributed by atoms with E-state index in [0.717, 1.165) is 19.3 Å². The standard InChI is InChI=1S/C9H16N2O2/c1-11-9(6-10)4-3-8(5-9)13-7-12-2/h8,11H,3-5,7H2,1-2H3. The van der Waals surface area contributed by atoms with Crippen LogP contribution in [-0.4, -0.2) is 32.6 Å². The van der Waals surface area contributed by atoms with E-state index >= 15 is 0 Å². The molecule has 0 heterocycles. The van der Waals surface area contributed by atoms with Crippen LogP contribution in [0.2, 0.25) is 0 Å². The average molecular weight is 184 g/mol. The molecule has 2 unspecified atom stereocenters. The molecule has 1 fully saturated rings. The summed E-state index contributed by atoms with van der Waals surface area (Å²) in [5, 5.41) is 12.0. The van der Waals surface area contributed by atoms with Crippen molar-refractivity contribution in [2.75, 3.05) is 21.0 Å². The van der Waals surface area contributed by atoms with E-state index in [-0.39, 0.29) is 11.6 Å². The number of hydrogen-bond acceptors (Lipinski definition) is 4. The van der Waals surface area contributed by atoms with Gasteiger partial charge in [0.1, 0.15) is 12.3 Å². The van der Waals surface area contributed by atoms with Crippen LogP contribution in [0, 0.1) is 11.3 Å². The predicted molar refractivity (Wildman–Crippen MR) is 48.0 cm³/mol. The number of nitrogens with one attached hydrogen (secondary N) is 1. The second-order valence-corrected chi connectivity index (χ2v) is 3.38. The lowest BCUT2D eigenvalue weighted by Crippen LogP contribution is -2.39. The molecular formula is C9H16N2O2. The molecule has 2 atom stereocenters. The summed E-state index contributed by atoms with van der Waals surface area (Å²) in [5.41, 5.74) is -0.377. The van der Waals surface area contributed by atoms with Crippen LogP contribution >= 0.6 is 0 Å². The zero-order valence-corrected chi connectivity index (χ0v) is 8.17. The Hall–Kier alpha value is -0.630. The second kappa shape index (κ2) is 4.56. The minimum Gasteiger partial charge on any atom is -0.359 e. The van der Waals surface area contributed by atoms with Crippen molar-refractivity contribution >= 4 is 0 Å². The molecule has 0 aromatic rings. The zero-order chi connectivity index (χ0) is 9.73. The molecule has 0 amide bonds. The fourth-order valence-electron chi connectivity index (χ4n) is 1.69. The van der Waals surface area contributed by atoms with Crippen molar-refractivity contribution in [1.82, 2.24) is 5.32 Å². The molecule has 0 bridgehead atoms. The van der Waals surface area contributed by atoms with Gasteiger partial charge in [0, 0.05) is 13.5 Å². The van der Waals surface area contributed by atoms with E-state index in [0.29, 0.717) is 6.79 Å². The van der Waals surface area contributed by atoms with Crippen molar-refractivity contribution < 1.29 is 9.47 Å². The lowest BCUT2D eigenvalue weighted by atomic mass is 10.0. The molecule has 74 valence electrons. The number of methoxy groups -OCH3 is 1. The number of rotatable bonds is 4. The normalized spacial score (nSPS) is 33.2. The van der Waals surface area contributed by atoms with Crippen molar-refractivity contribution in [3.8, 4) is 6.07 Å². The summed E-state index contributed by atoms with van der Waals surface area (Å²) in [6.07, 6.45) is 2.70. The van der Waals surface area contributed by atoms with E-state index in [1.807, 2.05) is 7.05 Å². The fourth-order valence-corrected chi connectivity index (χ4v) is 1.69. The van der Waals surface area contributed by atoms with Crippen LogP contribution in [0.4, 0.5) is 0 Å². The van der Waals surface area contributed by atoms with Crippen molar-refractivity contribution in [2.45, 2.75) is 30.9 Å². The van der Waals surface area contributed by atoms with Gasteiger partial charge >= 0.3 is 0 Å². The van der Waals surface area contributed by atoms with Gasteiger partial charge in [0.2, 0.25) is 0 Å². The quantitative estimate of drug-likeness (QED) is 0.651. The Kier molecular flexibility index (Phi) is 3.67. The van der Waals surface area contributed by atoms with Gasteiger partial charge < -0.3 is 14.8 Å². The van der Waals surface area contributed by atoms with E-state index < -0.39 is 0 Å². The topological polar surface area (TPSA) is 54.3 Å². The van der Waals surface area contributed by atoms with Crippen molar-refractivity contribution in [3.05, 3.63) is 0 Å². The number of nitrogens with zero attached hydrogens (tertiary/aromatic N) is 1. The van der Waals surface area contributed by atoms with E-state index in [1.165, 1.54) is 0 Å². The van der Waals surface area contributed by atoms with Gasteiger partial charge in [0.25, 0.3) is 0 Å². The highest BCUT2D eigenvalue weighted by Gasteiger charge is 2.38. The van der Waals surface area contributed by atoms with E-state index in [9.17, 15) is 0 Å². The highest BCUT2D eigenvalue weighted by Crippen LogP contribution is 2.30. The maximum absolute atomic E-state index is 8.96. The van der Waals surface area contributed by atoms with Crippen LogP contribution in [0.3, 0.4) is 0 Å². The zero-order valence-electron chi connectivity index (χ0n) is 8.17. The summed E-state index contributed by atoms with van der Waals surface area (Å²) in [4.78, 5) is 0. The third-order valence-corrected chi connectivity index (χ3v) is 2.58. The van der Waals surface area contributed by atoms with Crippen LogP contribution in [0.25, 0.3) is 0 Å². The molecule has 4 nitrogen and oxygen atoms in total. The summed E-state index contributed by atoms with van der Waals surface area (Å²) >= 11 is 0. The molecule has 0 aliphatic heterocycles. The van der Waals surface area contributed by atoms with Gasteiger partial charge in [-0.3, -0.25) is 0 Å². The lowest BCUT2D eigenvalue weighted by molar-refractivity contribution is -0.0699. The lowest BCUT2D eigenvalue weighted by Gasteiger charge is -2.19. The Morgan fingerprint density at radius 3 is 2.92 bits per heavy atom. The van der Waals surface area contributed by atoms with Crippen molar-refractivity contribution in [1.29, 1.82) is 5.26 Å². The molecule has 0 radical (unpaired) electrons. The molecule has 0 spiro atoms. The third kappa shape index (κ3) is 2.41. The SMILES string of the molecule is CNC1(C#N)CCC(OCOC)C1. The maximum atomic E-state index is 8.96. The van der Waals surface area contributed by atoms with Crippen LogP contribution in [0.5, 0.6) is 0 Å². The van der Waals surface area contributed by atoms with Gasteiger partial charge in [0.15, 0.2) is 0 Å². The number of nitriles is 1. The predicted octanol–water partition coefficient (Wildman–Crippen LogP) is 0.641. The number of hydrogen-bond donors (Lipinski definition) is 1. The Morgan fingerprint density at radius 2 is 2.46 bits per heavy atom. The molecule has 1 aliphatic rings. The molecule has 4 heteroatoms. The first kappa shape index (κ1) is 10.5. The van der Waals surface area contributed by atoms with Crippen LogP contribution in [0.1, 0.15) is 19.3 Å². The first-order chi connectivity index (χ1) is 6.26. The molecule has 0 aromatic heterocycles. The van der Waals surface area contributed by atoms with Crippen LogP contribution in [0.15, 0.2) is 0 Å². The maximum Gasteiger partial charge on any atom is 0.146 e. The van der Waals surface area contributed by atoms with Crippen LogP contribution in [-0.2, 0) is 9.47 Å². The van der Waals surface area contributed by atoms with E-state index in [1.54, 1.807) is 7.11 Å². The van der Waals surface area contributed by atoms with Gasteiger partial charge in [-0.15, -0.1) is 0 Å². The molecule has 1 aliphatic carbocycles. The smallest absolute Gasteiger partial charge is 0.146 e. The number of ether oxygens (including phenoxy) is 2. The largest absolute Gasteiger partial charge is 0.359 e. The molecule has 1 saturated carbocycles. The summed E-state index contributed by atoms with van der Waals surface area (Å²) < 4.78 is 10.2. The molecule has 0 aromatic carbocycles. The minimum absolute atomic E-state index is 0.159. The molecule has 0 saturated heterocycles.